The highest BCUT2D eigenvalue weighted by atomic mass is 16.5. The molecular weight excluding hydrogens is 390 g/mol. The fraction of sp³-hybridized carbons (Fsp3) is 0.400. The number of carbonyl (C=O) groups is 3. The number of benzene rings is 1. The summed E-state index contributed by atoms with van der Waals surface area (Å²) in [4.78, 5) is 42.4. The van der Waals surface area contributed by atoms with E-state index in [0.717, 1.165) is 0 Å². The van der Waals surface area contributed by atoms with Crippen LogP contribution in [0.4, 0.5) is 0 Å². The third-order valence-electron chi connectivity index (χ3n) is 4.50. The number of aromatic nitrogens is 2. The number of aromatic amines is 1. The fourth-order valence-electron chi connectivity index (χ4n) is 2.78. The lowest BCUT2D eigenvalue weighted by Crippen LogP contribution is -2.49. The Hall–Kier alpha value is -3.40. The van der Waals surface area contributed by atoms with Crippen molar-refractivity contribution in [3.8, 4) is 5.75 Å². The van der Waals surface area contributed by atoms with E-state index in [9.17, 15) is 19.5 Å². The number of hydrogen-bond acceptors (Lipinski definition) is 6. The molecule has 0 spiro atoms. The molecule has 30 heavy (non-hydrogen) atoms. The maximum atomic E-state index is 12.2. The number of imidazole rings is 1. The lowest BCUT2D eigenvalue weighted by atomic mass is 10.1. The molecule has 1 aromatic heterocycles. The number of aliphatic carboxylic acids is 1. The van der Waals surface area contributed by atoms with E-state index in [0.29, 0.717) is 36.4 Å². The minimum atomic E-state index is -1.13. The summed E-state index contributed by atoms with van der Waals surface area (Å²) in [6, 6.07) is 4.81. The molecule has 0 unspecified atom stereocenters. The van der Waals surface area contributed by atoms with Crippen molar-refractivity contribution in [2.45, 2.75) is 37.8 Å². The Bertz CT molecular complexity index is 823. The molecule has 1 heterocycles. The van der Waals surface area contributed by atoms with E-state index in [1.807, 2.05) is 0 Å². The molecule has 162 valence electrons. The number of carboxylic acid groups (broad SMARTS) is 1. The van der Waals surface area contributed by atoms with Gasteiger partial charge < -0.3 is 31.2 Å². The van der Waals surface area contributed by atoms with Crippen LogP contribution in [0.25, 0.3) is 0 Å². The van der Waals surface area contributed by atoms with Gasteiger partial charge in [0.05, 0.1) is 19.5 Å². The highest BCUT2D eigenvalue weighted by Crippen LogP contribution is 2.11. The van der Waals surface area contributed by atoms with Crippen molar-refractivity contribution >= 4 is 17.8 Å². The summed E-state index contributed by atoms with van der Waals surface area (Å²) in [6.07, 6.45) is 4.58. The second kappa shape index (κ2) is 11.6. The molecular formula is C20H27N5O5. The molecule has 2 rings (SSSR count). The molecule has 1 aromatic carbocycles. The van der Waals surface area contributed by atoms with Gasteiger partial charge >= 0.3 is 5.97 Å². The van der Waals surface area contributed by atoms with Crippen LogP contribution < -0.4 is 21.1 Å². The summed E-state index contributed by atoms with van der Waals surface area (Å²) in [7, 11) is 1.55. The van der Waals surface area contributed by atoms with E-state index in [4.69, 9.17) is 10.5 Å². The van der Waals surface area contributed by atoms with Crippen LogP contribution in [0.15, 0.2) is 36.8 Å². The van der Waals surface area contributed by atoms with Crippen molar-refractivity contribution in [2.75, 3.05) is 13.7 Å². The van der Waals surface area contributed by atoms with E-state index in [1.165, 1.54) is 6.33 Å². The van der Waals surface area contributed by atoms with Crippen LogP contribution in [0.5, 0.6) is 5.75 Å². The Morgan fingerprint density at radius 3 is 2.57 bits per heavy atom. The monoisotopic (exact) mass is 417 g/mol. The van der Waals surface area contributed by atoms with E-state index in [-0.39, 0.29) is 18.7 Å². The molecule has 2 amide bonds. The van der Waals surface area contributed by atoms with Gasteiger partial charge in [-0.15, -0.1) is 0 Å². The highest BCUT2D eigenvalue weighted by Gasteiger charge is 2.23. The normalized spacial score (nSPS) is 12.6. The molecule has 2 aromatic rings. The molecule has 10 heteroatoms. The summed E-state index contributed by atoms with van der Waals surface area (Å²) in [6.45, 7) is 0.393. The number of nitrogens with two attached hydrogens (primary N) is 1. The molecule has 0 bridgehead atoms. The summed E-state index contributed by atoms with van der Waals surface area (Å²) < 4.78 is 5.05. The number of methoxy groups -OCH3 is 1. The summed E-state index contributed by atoms with van der Waals surface area (Å²) in [5.74, 6) is -1.22. The van der Waals surface area contributed by atoms with Gasteiger partial charge in [0.1, 0.15) is 11.8 Å². The number of H-pyrrole nitrogens is 1. The largest absolute Gasteiger partial charge is 0.497 e. The van der Waals surface area contributed by atoms with Crippen LogP contribution in [0.3, 0.4) is 0 Å². The molecule has 0 aliphatic rings. The Balaban J connectivity index is 1.70. The van der Waals surface area contributed by atoms with Crippen molar-refractivity contribution < 1.29 is 24.2 Å². The molecule has 6 N–H and O–H groups in total. The number of nitrogens with zero attached hydrogens (tertiary/aromatic N) is 1. The summed E-state index contributed by atoms with van der Waals surface area (Å²) >= 11 is 0. The molecule has 10 nitrogen and oxygen atoms in total. The minimum absolute atomic E-state index is 0.217. The number of rotatable bonds is 12. The number of ether oxygens (including phenoxy) is 1. The predicted molar refractivity (Wildman–Crippen MR) is 109 cm³/mol. The quantitative estimate of drug-likeness (QED) is 0.314. The topological polar surface area (TPSA) is 159 Å². The van der Waals surface area contributed by atoms with Crippen molar-refractivity contribution in [3.05, 3.63) is 48.0 Å². The first kappa shape index (κ1) is 22.9. The van der Waals surface area contributed by atoms with Crippen LogP contribution in [0.1, 0.15) is 35.3 Å². The molecule has 0 fully saturated rings. The minimum Gasteiger partial charge on any atom is -0.497 e. The zero-order valence-electron chi connectivity index (χ0n) is 16.8. The van der Waals surface area contributed by atoms with Gasteiger partial charge in [-0.2, -0.15) is 0 Å². The van der Waals surface area contributed by atoms with Gasteiger partial charge in [-0.05, 0) is 43.5 Å². The maximum absolute atomic E-state index is 12.2. The third-order valence-corrected chi connectivity index (χ3v) is 4.50. The van der Waals surface area contributed by atoms with Crippen molar-refractivity contribution in [2.24, 2.45) is 5.73 Å². The molecule has 0 saturated carbocycles. The van der Waals surface area contributed by atoms with Crippen molar-refractivity contribution in [1.82, 2.24) is 20.6 Å². The van der Waals surface area contributed by atoms with Gasteiger partial charge in [0.2, 0.25) is 5.91 Å². The average molecular weight is 417 g/mol. The molecule has 0 saturated heterocycles. The number of amides is 2. The number of carbonyl (C=O) groups excluding carboxylic acids is 2. The average Bonchev–Trinajstić information content (AvgIpc) is 3.25. The standard InChI is InChI=1S/C20H27N5O5/c1-30-15-7-5-13(6-8-15)18(26)23-9-3-2-4-17(20(28)29)25-19(27)16(21)10-14-11-22-12-24-14/h5-8,11-12,16-17H,2-4,9-10,21H2,1H3,(H,22,24)(H,23,26)(H,25,27)(H,28,29)/t16-,17+/m0/s1. The van der Waals surface area contributed by atoms with E-state index in [2.05, 4.69) is 20.6 Å². The van der Waals surface area contributed by atoms with E-state index in [1.54, 1.807) is 37.6 Å². The summed E-state index contributed by atoms with van der Waals surface area (Å²) in [5.41, 5.74) is 7.04. The Labute approximate surface area is 174 Å². The predicted octanol–water partition coefficient (Wildman–Crippen LogP) is 0.458. The van der Waals surface area contributed by atoms with Crippen LogP contribution in [-0.2, 0) is 16.0 Å². The summed E-state index contributed by atoms with van der Waals surface area (Å²) in [5, 5.41) is 14.6. The number of unbranched alkanes of at least 4 members (excludes halogenated alkanes) is 1. The van der Waals surface area contributed by atoms with Gasteiger partial charge in [0.15, 0.2) is 0 Å². The fourth-order valence-corrected chi connectivity index (χ4v) is 2.78. The second-order valence-corrected chi connectivity index (χ2v) is 6.77. The first-order chi connectivity index (χ1) is 14.4. The highest BCUT2D eigenvalue weighted by molar-refractivity contribution is 5.94. The zero-order valence-corrected chi connectivity index (χ0v) is 16.8. The van der Waals surface area contributed by atoms with Crippen LogP contribution in [0, 0.1) is 0 Å². The lowest BCUT2D eigenvalue weighted by molar-refractivity contribution is -0.142. The van der Waals surface area contributed by atoms with Crippen LogP contribution >= 0.6 is 0 Å². The first-order valence-corrected chi connectivity index (χ1v) is 9.59. The number of nitrogens with one attached hydrogen (secondary N) is 3. The first-order valence-electron chi connectivity index (χ1n) is 9.59. The second-order valence-electron chi connectivity index (χ2n) is 6.77. The molecule has 0 radical (unpaired) electrons. The van der Waals surface area contributed by atoms with Gasteiger partial charge in [0.25, 0.3) is 5.91 Å². The molecule has 0 aliphatic carbocycles. The van der Waals surface area contributed by atoms with Gasteiger partial charge in [-0.3, -0.25) is 9.59 Å². The van der Waals surface area contributed by atoms with Crippen molar-refractivity contribution in [1.29, 1.82) is 0 Å². The Morgan fingerprint density at radius 1 is 1.23 bits per heavy atom. The van der Waals surface area contributed by atoms with Gasteiger partial charge in [-0.25, -0.2) is 9.78 Å². The Morgan fingerprint density at radius 2 is 1.97 bits per heavy atom. The number of hydrogen-bond donors (Lipinski definition) is 5. The smallest absolute Gasteiger partial charge is 0.326 e. The SMILES string of the molecule is COc1ccc(C(=O)NCCCC[C@@H](NC(=O)[C@@H](N)Cc2cnc[nH]2)C(=O)O)cc1. The molecule has 2 atom stereocenters. The lowest BCUT2D eigenvalue weighted by Gasteiger charge is -2.17. The maximum Gasteiger partial charge on any atom is 0.326 e. The third kappa shape index (κ3) is 7.21. The van der Waals surface area contributed by atoms with E-state index < -0.39 is 24.0 Å². The van der Waals surface area contributed by atoms with E-state index >= 15 is 0 Å². The van der Waals surface area contributed by atoms with Gasteiger partial charge in [0, 0.05) is 30.4 Å². The van der Waals surface area contributed by atoms with Crippen LogP contribution in [-0.4, -0.2) is 58.6 Å². The van der Waals surface area contributed by atoms with Crippen LogP contribution in [0.2, 0.25) is 0 Å². The molecule has 0 aliphatic heterocycles. The zero-order chi connectivity index (χ0) is 21.9. The Kier molecular flexibility index (Phi) is 8.82. The number of carboxylic acids is 1. The van der Waals surface area contributed by atoms with Crippen molar-refractivity contribution in [3.63, 3.8) is 0 Å². The van der Waals surface area contributed by atoms with Gasteiger partial charge in [-0.1, -0.05) is 0 Å².